The van der Waals surface area contributed by atoms with Crippen LogP contribution in [0.5, 0.6) is 0 Å². The Morgan fingerprint density at radius 2 is 1.69 bits per heavy atom. The lowest BCUT2D eigenvalue weighted by atomic mass is 9.98. The maximum Gasteiger partial charge on any atom is 0.335 e. The Morgan fingerprint density at radius 1 is 1.03 bits per heavy atom. The number of aryl methyl sites for hydroxylation is 3. The normalized spacial score (nSPS) is 14.2. The predicted molar refractivity (Wildman–Crippen MR) is 124 cm³/mol. The zero-order chi connectivity index (χ0) is 23.3. The minimum Gasteiger partial charge on any atom is -0.478 e. The van der Waals surface area contributed by atoms with Crippen LogP contribution in [-0.4, -0.2) is 59.5 Å². The van der Waals surface area contributed by atoms with Gasteiger partial charge >= 0.3 is 5.97 Å². The van der Waals surface area contributed by atoms with Crippen molar-refractivity contribution in [3.63, 3.8) is 0 Å². The van der Waals surface area contributed by atoms with Crippen LogP contribution in [0.25, 0.3) is 0 Å². The van der Waals surface area contributed by atoms with Gasteiger partial charge in [-0.3, -0.25) is 9.69 Å². The second kappa shape index (κ2) is 10.4. The van der Waals surface area contributed by atoms with Gasteiger partial charge in [-0.25, -0.2) is 4.79 Å². The number of hydrogen-bond acceptors (Lipinski definition) is 4. The molecule has 32 heavy (non-hydrogen) atoms. The van der Waals surface area contributed by atoms with Crippen LogP contribution in [0.15, 0.2) is 30.3 Å². The first-order chi connectivity index (χ1) is 15.3. The van der Waals surface area contributed by atoms with Gasteiger partial charge in [-0.2, -0.15) is 5.26 Å². The number of amides is 1. The summed E-state index contributed by atoms with van der Waals surface area (Å²) in [5.74, 6) is -0.745. The molecular weight excluding hydrogens is 402 g/mol. The second-order valence-electron chi connectivity index (χ2n) is 8.52. The van der Waals surface area contributed by atoms with E-state index in [0.717, 1.165) is 53.9 Å². The van der Waals surface area contributed by atoms with E-state index in [2.05, 4.69) is 11.0 Å². The van der Waals surface area contributed by atoms with E-state index in [0.29, 0.717) is 37.1 Å². The highest BCUT2D eigenvalue weighted by Crippen LogP contribution is 2.18. The monoisotopic (exact) mass is 433 g/mol. The Morgan fingerprint density at radius 3 is 2.25 bits per heavy atom. The molecule has 2 aromatic rings. The largest absolute Gasteiger partial charge is 0.478 e. The van der Waals surface area contributed by atoms with Crippen molar-refractivity contribution in [2.24, 2.45) is 0 Å². The summed E-state index contributed by atoms with van der Waals surface area (Å²) in [6.45, 7) is 9.80. The molecular formula is C26H31N3O3. The fraction of sp³-hybridized carbons (Fsp3) is 0.423. The minimum atomic E-state index is -0.875. The number of nitrogens with zero attached hydrogens (tertiary/aromatic N) is 3. The highest BCUT2D eigenvalue weighted by Gasteiger charge is 2.21. The Kier molecular flexibility index (Phi) is 7.66. The summed E-state index contributed by atoms with van der Waals surface area (Å²) in [6.07, 6.45) is 1.93. The summed E-state index contributed by atoms with van der Waals surface area (Å²) in [6, 6.07) is 11.7. The van der Waals surface area contributed by atoms with Gasteiger partial charge in [0.15, 0.2) is 0 Å². The number of nitriles is 1. The summed E-state index contributed by atoms with van der Waals surface area (Å²) in [5.41, 5.74) is 5.90. The number of aromatic carboxylic acids is 1. The number of carboxylic acids is 1. The quantitative estimate of drug-likeness (QED) is 0.724. The molecule has 1 saturated heterocycles. The first kappa shape index (κ1) is 23.5. The molecule has 0 atom stereocenters. The zero-order valence-electron chi connectivity index (χ0n) is 19.1. The molecule has 1 heterocycles. The summed E-state index contributed by atoms with van der Waals surface area (Å²) in [5, 5.41) is 18.5. The van der Waals surface area contributed by atoms with E-state index in [1.54, 1.807) is 6.07 Å². The topological polar surface area (TPSA) is 84.6 Å². The molecule has 1 aliphatic rings. The lowest BCUT2D eigenvalue weighted by Crippen LogP contribution is -2.49. The lowest BCUT2D eigenvalue weighted by Gasteiger charge is -2.35. The number of rotatable bonds is 7. The van der Waals surface area contributed by atoms with Crippen LogP contribution >= 0.6 is 0 Å². The number of piperazine rings is 1. The van der Waals surface area contributed by atoms with Gasteiger partial charge in [-0.1, -0.05) is 31.2 Å². The lowest BCUT2D eigenvalue weighted by molar-refractivity contribution is -0.132. The van der Waals surface area contributed by atoms with E-state index in [4.69, 9.17) is 0 Å². The summed E-state index contributed by atoms with van der Waals surface area (Å²) < 4.78 is 0. The Labute approximate surface area is 190 Å². The van der Waals surface area contributed by atoms with E-state index in [9.17, 15) is 20.0 Å². The van der Waals surface area contributed by atoms with Crippen LogP contribution < -0.4 is 0 Å². The number of carbonyl (C=O) groups excluding carboxylic acids is 1. The average Bonchev–Trinajstić information content (AvgIpc) is 2.77. The summed E-state index contributed by atoms with van der Waals surface area (Å²) in [4.78, 5) is 28.4. The molecule has 0 spiro atoms. The first-order valence-electron chi connectivity index (χ1n) is 11.2. The van der Waals surface area contributed by atoms with Gasteiger partial charge in [0.1, 0.15) is 0 Å². The smallest absolute Gasteiger partial charge is 0.335 e. The predicted octanol–water partition coefficient (Wildman–Crippen LogP) is 3.37. The minimum absolute atomic E-state index is 0.130. The molecule has 0 aliphatic carbocycles. The van der Waals surface area contributed by atoms with Gasteiger partial charge in [0, 0.05) is 32.7 Å². The van der Waals surface area contributed by atoms with E-state index in [1.165, 1.54) is 0 Å². The highest BCUT2D eigenvalue weighted by atomic mass is 16.4. The molecule has 1 aliphatic heterocycles. The van der Waals surface area contributed by atoms with Crippen molar-refractivity contribution in [2.45, 2.75) is 40.0 Å². The van der Waals surface area contributed by atoms with Crippen molar-refractivity contribution in [2.75, 3.05) is 32.7 Å². The van der Waals surface area contributed by atoms with Crippen molar-refractivity contribution in [3.05, 3.63) is 69.3 Å². The average molecular weight is 434 g/mol. The van der Waals surface area contributed by atoms with Crippen molar-refractivity contribution >= 4 is 11.9 Å². The maximum atomic E-state index is 12.8. The molecule has 168 valence electrons. The Balaban J connectivity index is 1.50. The van der Waals surface area contributed by atoms with Gasteiger partial charge in [0.25, 0.3) is 0 Å². The molecule has 0 saturated carbocycles. The van der Waals surface area contributed by atoms with Crippen LogP contribution in [-0.2, 0) is 24.1 Å². The molecule has 0 bridgehead atoms. The Hall–Kier alpha value is -3.17. The zero-order valence-corrected chi connectivity index (χ0v) is 19.1. The molecule has 6 heteroatoms. The molecule has 0 radical (unpaired) electrons. The van der Waals surface area contributed by atoms with Crippen LogP contribution in [0.4, 0.5) is 0 Å². The molecule has 6 nitrogen and oxygen atoms in total. The van der Waals surface area contributed by atoms with Crippen LogP contribution in [0.2, 0.25) is 0 Å². The molecule has 0 aromatic heterocycles. The van der Waals surface area contributed by atoms with E-state index in [-0.39, 0.29) is 5.91 Å². The molecule has 1 amide bonds. The van der Waals surface area contributed by atoms with Crippen molar-refractivity contribution in [1.82, 2.24) is 9.80 Å². The summed E-state index contributed by atoms with van der Waals surface area (Å²) >= 11 is 0. The maximum absolute atomic E-state index is 12.8. The molecule has 1 fully saturated rings. The number of carbonyl (C=O) groups is 2. The standard InChI is InChI=1S/C26H31N3O3/c1-4-22-15-20(5-6-23(22)26(31)32)7-8-28-9-11-29(12-10-28)25(30)16-21-13-18(2)24(17-27)19(3)14-21/h5-6,13-15H,4,7-12,16H2,1-3H3,(H,31,32). The van der Waals surface area contributed by atoms with Crippen molar-refractivity contribution in [1.29, 1.82) is 5.26 Å². The summed E-state index contributed by atoms with van der Waals surface area (Å²) in [7, 11) is 0. The second-order valence-corrected chi connectivity index (χ2v) is 8.52. The third-order valence-electron chi connectivity index (χ3n) is 6.28. The van der Waals surface area contributed by atoms with Crippen LogP contribution in [0, 0.1) is 25.2 Å². The SMILES string of the molecule is CCc1cc(CCN2CCN(C(=O)Cc3cc(C)c(C#N)c(C)c3)CC2)ccc1C(=O)O. The third-order valence-corrected chi connectivity index (χ3v) is 6.28. The molecule has 2 aromatic carbocycles. The molecule has 1 N–H and O–H groups in total. The van der Waals surface area contributed by atoms with Crippen LogP contribution in [0.1, 0.15) is 50.7 Å². The van der Waals surface area contributed by atoms with Gasteiger partial charge in [-0.05, 0) is 60.6 Å². The molecule has 0 unspecified atom stereocenters. The van der Waals surface area contributed by atoms with Gasteiger partial charge in [0.2, 0.25) is 5.91 Å². The fourth-order valence-electron chi connectivity index (χ4n) is 4.43. The van der Waals surface area contributed by atoms with Crippen LogP contribution in [0.3, 0.4) is 0 Å². The number of carboxylic acid groups (broad SMARTS) is 1. The van der Waals surface area contributed by atoms with E-state index in [1.807, 2.05) is 49.9 Å². The van der Waals surface area contributed by atoms with Crippen molar-refractivity contribution < 1.29 is 14.7 Å². The molecule has 3 rings (SSSR count). The van der Waals surface area contributed by atoms with E-state index < -0.39 is 5.97 Å². The first-order valence-corrected chi connectivity index (χ1v) is 11.2. The number of benzene rings is 2. The fourth-order valence-corrected chi connectivity index (χ4v) is 4.43. The highest BCUT2D eigenvalue weighted by molar-refractivity contribution is 5.89. The van der Waals surface area contributed by atoms with Gasteiger partial charge in [0.05, 0.1) is 23.6 Å². The van der Waals surface area contributed by atoms with Crippen molar-refractivity contribution in [3.8, 4) is 6.07 Å². The van der Waals surface area contributed by atoms with Gasteiger partial charge < -0.3 is 10.0 Å². The van der Waals surface area contributed by atoms with E-state index >= 15 is 0 Å². The number of hydrogen-bond donors (Lipinski definition) is 1. The van der Waals surface area contributed by atoms with Gasteiger partial charge in [-0.15, -0.1) is 0 Å². The Bertz CT molecular complexity index is 1020. The third kappa shape index (κ3) is 5.54.